The van der Waals surface area contributed by atoms with Crippen LogP contribution in [0.3, 0.4) is 0 Å². The molecule has 0 saturated carbocycles. The van der Waals surface area contributed by atoms with Crippen LogP contribution in [0.4, 0.5) is 4.39 Å². The maximum atomic E-state index is 13.1. The second kappa shape index (κ2) is 5.46. The number of hydrogen-bond acceptors (Lipinski definition) is 3. The van der Waals surface area contributed by atoms with Crippen molar-refractivity contribution < 1.29 is 19.0 Å². The van der Waals surface area contributed by atoms with E-state index >= 15 is 0 Å². The Morgan fingerprint density at radius 3 is 2.81 bits per heavy atom. The van der Waals surface area contributed by atoms with E-state index < -0.39 is 12.0 Å². The minimum atomic E-state index is -1.00. The first-order valence-corrected chi connectivity index (χ1v) is 4.83. The summed E-state index contributed by atoms with van der Waals surface area (Å²) < 4.78 is 18.3. The van der Waals surface area contributed by atoms with Gasteiger partial charge in [0.2, 0.25) is 0 Å². The molecule has 0 spiro atoms. The SMILES string of the molecule is CNC(COc1ccc(C)c(F)c1)C(=O)O. The molecule has 1 atom stereocenters. The van der Waals surface area contributed by atoms with Gasteiger partial charge >= 0.3 is 5.97 Å². The Kier molecular flexibility index (Phi) is 4.25. The van der Waals surface area contributed by atoms with Crippen LogP contribution < -0.4 is 10.1 Å². The second-order valence-corrected chi connectivity index (χ2v) is 3.40. The topological polar surface area (TPSA) is 58.6 Å². The van der Waals surface area contributed by atoms with Gasteiger partial charge in [0, 0.05) is 6.07 Å². The molecule has 0 heterocycles. The normalized spacial score (nSPS) is 12.2. The minimum absolute atomic E-state index is 0.0473. The average molecular weight is 227 g/mol. The number of likely N-dealkylation sites (N-methyl/N-ethyl adjacent to an activating group) is 1. The summed E-state index contributed by atoms with van der Waals surface area (Å²) in [5.74, 6) is -1.05. The maximum absolute atomic E-state index is 13.1. The van der Waals surface area contributed by atoms with Crippen LogP contribution in [0.15, 0.2) is 18.2 Å². The summed E-state index contributed by atoms with van der Waals surface area (Å²) >= 11 is 0. The molecule has 1 unspecified atom stereocenters. The Morgan fingerprint density at radius 2 is 2.31 bits per heavy atom. The summed E-state index contributed by atoms with van der Waals surface area (Å²) in [6, 6.07) is 3.63. The van der Waals surface area contributed by atoms with E-state index in [9.17, 15) is 9.18 Å². The van der Waals surface area contributed by atoms with Gasteiger partial charge in [-0.15, -0.1) is 0 Å². The molecule has 5 heteroatoms. The lowest BCUT2D eigenvalue weighted by molar-refractivity contribution is -0.140. The molecule has 1 rings (SSSR count). The Bertz CT molecular complexity index is 381. The highest BCUT2D eigenvalue weighted by Crippen LogP contribution is 2.15. The molecule has 1 aromatic carbocycles. The van der Waals surface area contributed by atoms with Crippen molar-refractivity contribution in [3.63, 3.8) is 0 Å². The Balaban J connectivity index is 2.60. The number of aliphatic carboxylic acids is 1. The summed E-state index contributed by atoms with van der Waals surface area (Å²) in [6.45, 7) is 1.60. The van der Waals surface area contributed by atoms with Gasteiger partial charge in [0.05, 0.1) is 0 Å². The zero-order valence-corrected chi connectivity index (χ0v) is 9.16. The Morgan fingerprint density at radius 1 is 1.62 bits per heavy atom. The van der Waals surface area contributed by atoms with Crippen LogP contribution in [0.2, 0.25) is 0 Å². The van der Waals surface area contributed by atoms with Crippen LogP contribution >= 0.6 is 0 Å². The lowest BCUT2D eigenvalue weighted by Gasteiger charge is -2.12. The van der Waals surface area contributed by atoms with E-state index in [1.165, 1.54) is 13.1 Å². The number of aryl methyl sites for hydroxylation is 1. The molecular formula is C11H14FNO3. The van der Waals surface area contributed by atoms with Crippen molar-refractivity contribution in [2.75, 3.05) is 13.7 Å². The standard InChI is InChI=1S/C11H14FNO3/c1-7-3-4-8(5-9(7)12)16-6-10(13-2)11(14)15/h3-5,10,13H,6H2,1-2H3,(H,14,15). The maximum Gasteiger partial charge on any atom is 0.324 e. The molecule has 2 N–H and O–H groups in total. The van der Waals surface area contributed by atoms with Crippen molar-refractivity contribution >= 4 is 5.97 Å². The highest BCUT2D eigenvalue weighted by atomic mass is 19.1. The average Bonchev–Trinajstić information content (AvgIpc) is 2.23. The molecule has 16 heavy (non-hydrogen) atoms. The smallest absolute Gasteiger partial charge is 0.324 e. The largest absolute Gasteiger partial charge is 0.491 e. The van der Waals surface area contributed by atoms with E-state index in [4.69, 9.17) is 9.84 Å². The molecule has 0 aliphatic rings. The third kappa shape index (κ3) is 3.20. The Hall–Kier alpha value is -1.62. The van der Waals surface area contributed by atoms with Crippen LogP contribution in [0, 0.1) is 12.7 Å². The van der Waals surface area contributed by atoms with E-state index in [0.717, 1.165) is 0 Å². The first kappa shape index (κ1) is 12.4. The number of carboxylic acids is 1. The first-order chi connectivity index (χ1) is 7.54. The van der Waals surface area contributed by atoms with Crippen molar-refractivity contribution in [2.45, 2.75) is 13.0 Å². The van der Waals surface area contributed by atoms with Gasteiger partial charge < -0.3 is 15.2 Å². The summed E-state index contributed by atoms with van der Waals surface area (Å²) in [4.78, 5) is 10.7. The van der Waals surface area contributed by atoms with Gasteiger partial charge in [-0.1, -0.05) is 6.07 Å². The van der Waals surface area contributed by atoms with E-state index in [-0.39, 0.29) is 12.4 Å². The highest BCUT2D eigenvalue weighted by Gasteiger charge is 2.15. The minimum Gasteiger partial charge on any atom is -0.491 e. The number of hydrogen-bond donors (Lipinski definition) is 2. The number of benzene rings is 1. The van der Waals surface area contributed by atoms with Gasteiger partial charge in [-0.05, 0) is 25.6 Å². The quantitative estimate of drug-likeness (QED) is 0.793. The number of nitrogens with one attached hydrogen (secondary N) is 1. The molecule has 88 valence electrons. The van der Waals surface area contributed by atoms with Crippen molar-refractivity contribution in [1.82, 2.24) is 5.32 Å². The molecule has 0 bridgehead atoms. The van der Waals surface area contributed by atoms with Gasteiger partial charge in [0.1, 0.15) is 24.2 Å². The fourth-order valence-electron chi connectivity index (χ4n) is 1.12. The van der Waals surface area contributed by atoms with Gasteiger partial charge in [0.15, 0.2) is 0 Å². The van der Waals surface area contributed by atoms with E-state index in [1.807, 2.05) is 0 Å². The van der Waals surface area contributed by atoms with E-state index in [1.54, 1.807) is 19.1 Å². The lowest BCUT2D eigenvalue weighted by Crippen LogP contribution is -2.39. The second-order valence-electron chi connectivity index (χ2n) is 3.40. The predicted octanol–water partition coefficient (Wildman–Crippen LogP) is 1.19. The molecule has 0 aromatic heterocycles. The zero-order chi connectivity index (χ0) is 12.1. The molecule has 0 radical (unpaired) electrons. The van der Waals surface area contributed by atoms with Crippen molar-refractivity contribution in [2.24, 2.45) is 0 Å². The molecule has 0 aliphatic carbocycles. The molecule has 0 saturated heterocycles. The third-order valence-corrected chi connectivity index (χ3v) is 2.21. The van der Waals surface area contributed by atoms with Crippen LogP contribution in [0.1, 0.15) is 5.56 Å². The summed E-state index contributed by atoms with van der Waals surface area (Å²) in [5, 5.41) is 11.3. The van der Waals surface area contributed by atoms with E-state index in [2.05, 4.69) is 5.32 Å². The number of rotatable bonds is 5. The van der Waals surface area contributed by atoms with Gasteiger partial charge in [0.25, 0.3) is 0 Å². The van der Waals surface area contributed by atoms with Crippen LogP contribution in [0.5, 0.6) is 5.75 Å². The van der Waals surface area contributed by atoms with Crippen molar-refractivity contribution in [1.29, 1.82) is 0 Å². The summed E-state index contributed by atoms with van der Waals surface area (Å²) in [6.07, 6.45) is 0. The lowest BCUT2D eigenvalue weighted by atomic mass is 10.2. The van der Waals surface area contributed by atoms with Gasteiger partial charge in [-0.3, -0.25) is 4.79 Å². The molecule has 1 aromatic rings. The molecule has 4 nitrogen and oxygen atoms in total. The van der Waals surface area contributed by atoms with Crippen LogP contribution in [-0.2, 0) is 4.79 Å². The monoisotopic (exact) mass is 227 g/mol. The van der Waals surface area contributed by atoms with Crippen LogP contribution in [0.25, 0.3) is 0 Å². The first-order valence-electron chi connectivity index (χ1n) is 4.83. The molecule has 0 aliphatic heterocycles. The summed E-state index contributed by atoms with van der Waals surface area (Å²) in [5.41, 5.74) is 0.524. The van der Waals surface area contributed by atoms with Crippen molar-refractivity contribution in [3.05, 3.63) is 29.6 Å². The number of halogens is 1. The van der Waals surface area contributed by atoms with Gasteiger partial charge in [-0.25, -0.2) is 4.39 Å². The zero-order valence-electron chi connectivity index (χ0n) is 9.16. The van der Waals surface area contributed by atoms with Crippen molar-refractivity contribution in [3.8, 4) is 5.75 Å². The van der Waals surface area contributed by atoms with Gasteiger partial charge in [-0.2, -0.15) is 0 Å². The molecule has 0 fully saturated rings. The van der Waals surface area contributed by atoms with E-state index in [0.29, 0.717) is 11.3 Å². The molecule has 0 amide bonds. The highest BCUT2D eigenvalue weighted by molar-refractivity contribution is 5.73. The molecular weight excluding hydrogens is 213 g/mol. The fourth-order valence-corrected chi connectivity index (χ4v) is 1.12. The number of carbonyl (C=O) groups is 1. The summed E-state index contributed by atoms with van der Waals surface area (Å²) in [7, 11) is 1.53. The number of ether oxygens (including phenoxy) is 1. The predicted molar refractivity (Wildman–Crippen MR) is 57.1 cm³/mol. The fraction of sp³-hybridized carbons (Fsp3) is 0.364. The Labute approximate surface area is 93.0 Å². The third-order valence-electron chi connectivity index (χ3n) is 2.21. The number of carboxylic acid groups (broad SMARTS) is 1. The van der Waals surface area contributed by atoms with Crippen LogP contribution in [-0.4, -0.2) is 30.8 Å².